The molecule has 0 radical (unpaired) electrons. The van der Waals surface area contributed by atoms with Crippen molar-refractivity contribution in [3.8, 4) is 11.5 Å². The molecule has 2 aliphatic rings. The molecule has 0 aliphatic carbocycles. The maximum absolute atomic E-state index is 12.9. The van der Waals surface area contributed by atoms with Gasteiger partial charge in [-0.1, -0.05) is 17.7 Å². The van der Waals surface area contributed by atoms with E-state index in [2.05, 4.69) is 15.5 Å². The van der Waals surface area contributed by atoms with E-state index in [1.807, 2.05) is 25.1 Å². The van der Waals surface area contributed by atoms with Gasteiger partial charge >= 0.3 is 6.03 Å². The maximum atomic E-state index is 12.9. The molecule has 4 amide bonds. The van der Waals surface area contributed by atoms with Crippen molar-refractivity contribution in [2.75, 3.05) is 44.1 Å². The Balaban J connectivity index is 1.53. The van der Waals surface area contributed by atoms with Crippen LogP contribution in [0.3, 0.4) is 0 Å². The average Bonchev–Trinajstić information content (AvgIpc) is 3.45. The minimum atomic E-state index is -0.657. The monoisotopic (exact) mass is 464 g/mol. The zero-order chi connectivity index (χ0) is 24.2. The number of urea groups is 1. The quantitative estimate of drug-likeness (QED) is 0.482. The first-order valence-electron chi connectivity index (χ1n) is 11.1. The largest absolute Gasteiger partial charge is 0.496 e. The van der Waals surface area contributed by atoms with Crippen molar-refractivity contribution in [3.63, 3.8) is 0 Å². The highest BCUT2D eigenvalue weighted by molar-refractivity contribution is 6.16. The molecule has 9 heteroatoms. The molecule has 2 aliphatic heterocycles. The minimum absolute atomic E-state index is 0.0578. The van der Waals surface area contributed by atoms with E-state index in [1.54, 1.807) is 32.4 Å². The second-order valence-corrected chi connectivity index (χ2v) is 8.25. The smallest absolute Gasteiger partial charge is 0.329 e. The number of carbonyl (C=O) groups excluding carboxylic acids is 3. The number of ether oxygens (including phenoxy) is 2. The molecular weight excluding hydrogens is 436 g/mol. The predicted molar refractivity (Wildman–Crippen MR) is 129 cm³/mol. The van der Waals surface area contributed by atoms with Crippen LogP contribution in [0.15, 0.2) is 42.1 Å². The Morgan fingerprint density at radius 1 is 1.06 bits per heavy atom. The third-order valence-electron chi connectivity index (χ3n) is 5.88. The van der Waals surface area contributed by atoms with Crippen LogP contribution in [-0.2, 0) is 9.59 Å². The predicted octanol–water partition coefficient (Wildman–Crippen LogP) is 3.14. The molecule has 2 saturated heterocycles. The Morgan fingerprint density at radius 3 is 2.38 bits per heavy atom. The highest BCUT2D eigenvalue weighted by atomic mass is 16.5. The van der Waals surface area contributed by atoms with Crippen molar-refractivity contribution in [3.05, 3.63) is 53.2 Å². The van der Waals surface area contributed by atoms with E-state index in [1.165, 1.54) is 6.08 Å². The highest BCUT2D eigenvalue weighted by Crippen LogP contribution is 2.38. The van der Waals surface area contributed by atoms with Crippen LogP contribution in [0.5, 0.6) is 11.5 Å². The van der Waals surface area contributed by atoms with Gasteiger partial charge in [-0.05, 0) is 44.0 Å². The van der Waals surface area contributed by atoms with Gasteiger partial charge in [-0.3, -0.25) is 9.59 Å². The molecule has 0 unspecified atom stereocenters. The summed E-state index contributed by atoms with van der Waals surface area (Å²) in [5, 5.41) is 5.24. The fraction of sp³-hybridized carbons (Fsp3) is 0.320. The number of aryl methyl sites for hydroxylation is 1. The van der Waals surface area contributed by atoms with Crippen molar-refractivity contribution in [1.29, 1.82) is 0 Å². The molecule has 9 nitrogen and oxygen atoms in total. The van der Waals surface area contributed by atoms with Gasteiger partial charge in [0.25, 0.3) is 5.91 Å². The van der Waals surface area contributed by atoms with Crippen LogP contribution < -0.4 is 25.0 Å². The third-order valence-corrected chi connectivity index (χ3v) is 5.88. The van der Waals surface area contributed by atoms with Crippen LogP contribution in [0.4, 0.5) is 16.2 Å². The topological polar surface area (TPSA) is 100 Å². The number of methoxy groups -OCH3 is 2. The first kappa shape index (κ1) is 23.2. The number of rotatable bonds is 7. The van der Waals surface area contributed by atoms with Gasteiger partial charge in [0.1, 0.15) is 23.7 Å². The zero-order valence-corrected chi connectivity index (χ0v) is 19.5. The first-order chi connectivity index (χ1) is 16.4. The summed E-state index contributed by atoms with van der Waals surface area (Å²) in [5.74, 6) is 0.144. The van der Waals surface area contributed by atoms with Gasteiger partial charge < -0.3 is 25.0 Å². The number of hydrogen-bond acceptors (Lipinski definition) is 6. The maximum Gasteiger partial charge on any atom is 0.329 e. The molecule has 34 heavy (non-hydrogen) atoms. The van der Waals surface area contributed by atoms with E-state index in [0.717, 1.165) is 42.1 Å². The van der Waals surface area contributed by atoms with Crippen LogP contribution in [0.25, 0.3) is 6.08 Å². The molecule has 2 aromatic rings. The lowest BCUT2D eigenvalue weighted by Crippen LogP contribution is -2.38. The number of carbonyl (C=O) groups is 3. The molecule has 2 fully saturated rings. The van der Waals surface area contributed by atoms with Gasteiger partial charge in [-0.25, -0.2) is 9.69 Å². The normalized spacial score (nSPS) is 16.7. The number of anilines is 2. The summed E-state index contributed by atoms with van der Waals surface area (Å²) in [4.78, 5) is 40.8. The summed E-state index contributed by atoms with van der Waals surface area (Å²) in [7, 11) is 3.14. The lowest BCUT2D eigenvalue weighted by Gasteiger charge is -2.22. The van der Waals surface area contributed by atoms with Crippen LogP contribution in [-0.4, -0.2) is 56.6 Å². The standard InChI is InChI=1S/C25H28N4O5/c1-16-6-8-18(9-7-16)26-23(30)15-29-24(31)19(27-25(29)32)12-17-13-22(34-3)20(14-21(17)33-2)28-10-4-5-11-28/h6-9,12-14H,4-5,10-11,15H2,1-3H3,(H,26,30)(H,27,32)/b19-12-. The summed E-state index contributed by atoms with van der Waals surface area (Å²) >= 11 is 0. The number of nitrogens with zero attached hydrogens (tertiary/aromatic N) is 2. The van der Waals surface area contributed by atoms with Gasteiger partial charge in [0.2, 0.25) is 5.91 Å². The van der Waals surface area contributed by atoms with Gasteiger partial charge in [0.15, 0.2) is 0 Å². The van der Waals surface area contributed by atoms with Gasteiger partial charge in [0, 0.05) is 30.4 Å². The number of amides is 4. The Morgan fingerprint density at radius 2 is 1.74 bits per heavy atom. The van der Waals surface area contributed by atoms with Crippen LogP contribution in [0.1, 0.15) is 24.0 Å². The van der Waals surface area contributed by atoms with E-state index in [4.69, 9.17) is 9.47 Å². The Labute approximate surface area is 198 Å². The summed E-state index contributed by atoms with van der Waals surface area (Å²) in [6.45, 7) is 3.42. The number of hydrogen-bond donors (Lipinski definition) is 2. The van der Waals surface area contributed by atoms with Gasteiger partial charge in [0.05, 0.1) is 19.9 Å². The Hall–Kier alpha value is -4.01. The molecule has 0 bridgehead atoms. The summed E-state index contributed by atoms with van der Waals surface area (Å²) in [5.41, 5.74) is 3.21. The molecule has 2 heterocycles. The van der Waals surface area contributed by atoms with Crippen molar-refractivity contribution < 1.29 is 23.9 Å². The van der Waals surface area contributed by atoms with Crippen molar-refractivity contribution in [2.45, 2.75) is 19.8 Å². The molecule has 4 rings (SSSR count). The van der Waals surface area contributed by atoms with E-state index in [9.17, 15) is 14.4 Å². The SMILES string of the molecule is COc1cc(N2CCCC2)c(OC)cc1/C=C1\NC(=O)N(CC(=O)Nc2ccc(C)cc2)C1=O. The van der Waals surface area contributed by atoms with E-state index in [-0.39, 0.29) is 5.70 Å². The van der Waals surface area contributed by atoms with Crippen LogP contribution in [0.2, 0.25) is 0 Å². The summed E-state index contributed by atoms with van der Waals surface area (Å²) in [6, 6.07) is 10.2. The molecule has 0 spiro atoms. The lowest BCUT2D eigenvalue weighted by molar-refractivity contribution is -0.127. The van der Waals surface area contributed by atoms with Gasteiger partial charge in [-0.15, -0.1) is 0 Å². The van der Waals surface area contributed by atoms with Gasteiger partial charge in [-0.2, -0.15) is 0 Å². The van der Waals surface area contributed by atoms with E-state index in [0.29, 0.717) is 22.7 Å². The molecule has 2 aromatic carbocycles. The van der Waals surface area contributed by atoms with E-state index >= 15 is 0 Å². The molecule has 0 aromatic heterocycles. The van der Waals surface area contributed by atoms with E-state index < -0.39 is 24.4 Å². The Kier molecular flexibility index (Phi) is 6.72. The summed E-state index contributed by atoms with van der Waals surface area (Å²) < 4.78 is 11.1. The number of imide groups is 1. The van der Waals surface area contributed by atoms with Crippen molar-refractivity contribution in [1.82, 2.24) is 10.2 Å². The molecule has 0 atom stereocenters. The van der Waals surface area contributed by atoms with Crippen LogP contribution >= 0.6 is 0 Å². The fourth-order valence-electron chi connectivity index (χ4n) is 4.07. The highest BCUT2D eigenvalue weighted by Gasteiger charge is 2.35. The molecular formula is C25H28N4O5. The second kappa shape index (κ2) is 9.86. The molecule has 178 valence electrons. The molecule has 2 N–H and O–H groups in total. The summed E-state index contributed by atoms with van der Waals surface area (Å²) in [6.07, 6.45) is 3.77. The Bertz CT molecular complexity index is 1140. The zero-order valence-electron chi connectivity index (χ0n) is 19.5. The minimum Gasteiger partial charge on any atom is -0.496 e. The second-order valence-electron chi connectivity index (χ2n) is 8.25. The van der Waals surface area contributed by atoms with Crippen LogP contribution in [0, 0.1) is 6.92 Å². The van der Waals surface area contributed by atoms with Crippen molar-refractivity contribution >= 4 is 35.3 Å². The third kappa shape index (κ3) is 4.83. The number of nitrogens with one attached hydrogen (secondary N) is 2. The first-order valence-corrected chi connectivity index (χ1v) is 11.1. The lowest BCUT2D eigenvalue weighted by atomic mass is 10.1. The van der Waals surface area contributed by atoms with Crippen molar-refractivity contribution in [2.24, 2.45) is 0 Å². The average molecular weight is 465 g/mol. The molecule has 0 saturated carbocycles. The number of benzene rings is 2. The fourth-order valence-corrected chi connectivity index (χ4v) is 4.07.